The molecule has 0 bridgehead atoms. The maximum absolute atomic E-state index is 10.9. The number of carbonyl (C=O) groups excluding carboxylic acids is 3. The van der Waals surface area contributed by atoms with Crippen molar-refractivity contribution in [3.63, 3.8) is 0 Å². The van der Waals surface area contributed by atoms with E-state index in [1.807, 2.05) is 0 Å². The van der Waals surface area contributed by atoms with Crippen LogP contribution in [0.3, 0.4) is 0 Å². The lowest BCUT2D eigenvalue weighted by atomic mass is 10.2. The van der Waals surface area contributed by atoms with E-state index in [1.54, 1.807) is 0 Å². The minimum Gasteiger partial charge on any atom is -0.462 e. The Labute approximate surface area is 108 Å². The Morgan fingerprint density at radius 3 is 2.37 bits per heavy atom. The van der Waals surface area contributed by atoms with Gasteiger partial charge >= 0.3 is 11.9 Å². The molecule has 0 aromatic carbocycles. The van der Waals surface area contributed by atoms with Gasteiger partial charge < -0.3 is 14.2 Å². The van der Waals surface area contributed by atoms with Crippen LogP contribution in [-0.4, -0.2) is 42.1 Å². The third kappa shape index (κ3) is 8.30. The van der Waals surface area contributed by atoms with E-state index in [0.29, 0.717) is 6.20 Å². The van der Waals surface area contributed by atoms with Crippen molar-refractivity contribution >= 4 is 18.4 Å². The number of ether oxygens (including phenoxy) is 3. The summed E-state index contributed by atoms with van der Waals surface area (Å²) in [6, 6.07) is 0. The molecule has 2 atom stereocenters. The fourth-order valence-electron chi connectivity index (χ4n) is 1.07. The molecule has 0 unspecified atom stereocenters. The average Bonchev–Trinajstić information content (AvgIpc) is 2.29. The summed E-state index contributed by atoms with van der Waals surface area (Å²) in [5.74, 6) is -1.38. The summed E-state index contributed by atoms with van der Waals surface area (Å²) in [5.41, 5.74) is 0. The number of carbonyl (C=O) groups is 3. The van der Waals surface area contributed by atoms with Gasteiger partial charge in [0.15, 0.2) is 12.2 Å². The van der Waals surface area contributed by atoms with E-state index in [-0.39, 0.29) is 6.47 Å². The van der Waals surface area contributed by atoms with Crippen LogP contribution in [0.4, 0.5) is 0 Å². The second-order valence-electron chi connectivity index (χ2n) is 3.27. The Balaban J connectivity index is 4.88. The molecule has 106 valence electrons. The number of rotatable bonds is 8. The summed E-state index contributed by atoms with van der Waals surface area (Å²) in [7, 11) is 0. The summed E-state index contributed by atoms with van der Waals surface area (Å²) in [4.78, 5) is 41.3. The lowest BCUT2D eigenvalue weighted by Gasteiger charge is -2.21. The molecule has 0 fully saturated rings. The third-order valence-electron chi connectivity index (χ3n) is 1.75. The van der Waals surface area contributed by atoms with E-state index in [0.717, 1.165) is 19.9 Å². The molecular formula is C10H13NO8. The van der Waals surface area contributed by atoms with Crippen LogP contribution in [0.25, 0.3) is 0 Å². The first-order valence-electron chi connectivity index (χ1n) is 5.08. The molecule has 0 aromatic heterocycles. The molecule has 0 aromatic rings. The minimum atomic E-state index is -1.23. The first-order chi connectivity index (χ1) is 8.86. The van der Waals surface area contributed by atoms with E-state index >= 15 is 0 Å². The number of esters is 2. The lowest BCUT2D eigenvalue weighted by Crippen LogP contribution is -2.36. The van der Waals surface area contributed by atoms with Crippen LogP contribution in [0.1, 0.15) is 13.8 Å². The van der Waals surface area contributed by atoms with Crippen LogP contribution in [0.2, 0.25) is 0 Å². The smallest absolute Gasteiger partial charge is 0.303 e. The number of hydrogen-bond acceptors (Lipinski definition) is 8. The van der Waals surface area contributed by atoms with Crippen LogP contribution < -0.4 is 0 Å². The highest BCUT2D eigenvalue weighted by Crippen LogP contribution is 2.08. The fourth-order valence-corrected chi connectivity index (χ4v) is 1.07. The molecule has 0 saturated heterocycles. The van der Waals surface area contributed by atoms with Crippen LogP contribution in [-0.2, 0) is 28.6 Å². The summed E-state index contributed by atoms with van der Waals surface area (Å²) in [6.07, 6.45) is -0.948. The minimum absolute atomic E-state index is 0.0602. The van der Waals surface area contributed by atoms with Gasteiger partial charge in [0.1, 0.15) is 6.61 Å². The van der Waals surface area contributed by atoms with Crippen LogP contribution in [0.15, 0.2) is 12.3 Å². The van der Waals surface area contributed by atoms with E-state index in [4.69, 9.17) is 4.74 Å². The second-order valence-corrected chi connectivity index (χ2v) is 3.27. The number of hydrogen-bond donors (Lipinski definition) is 0. The number of nitrogens with zero attached hydrogens (tertiary/aromatic N) is 1. The van der Waals surface area contributed by atoms with E-state index in [1.165, 1.54) is 0 Å². The van der Waals surface area contributed by atoms with Crippen molar-refractivity contribution < 1.29 is 33.5 Å². The van der Waals surface area contributed by atoms with Gasteiger partial charge in [-0.25, -0.2) is 0 Å². The van der Waals surface area contributed by atoms with Gasteiger partial charge in [0, 0.05) is 19.9 Å². The predicted molar refractivity (Wildman–Crippen MR) is 59.3 cm³/mol. The summed E-state index contributed by atoms with van der Waals surface area (Å²) >= 11 is 0. The molecule has 0 N–H and O–H groups in total. The van der Waals surface area contributed by atoms with E-state index in [9.17, 15) is 24.5 Å². The first kappa shape index (κ1) is 16.6. The molecule has 0 spiro atoms. The summed E-state index contributed by atoms with van der Waals surface area (Å²) in [5, 5.41) is 10.2. The first-order valence-corrected chi connectivity index (χ1v) is 5.08. The monoisotopic (exact) mass is 275 g/mol. The van der Waals surface area contributed by atoms with E-state index < -0.39 is 35.7 Å². The highest BCUT2D eigenvalue weighted by atomic mass is 16.6. The molecule has 0 radical (unpaired) electrons. The van der Waals surface area contributed by atoms with Crippen LogP contribution in [0.5, 0.6) is 0 Å². The maximum atomic E-state index is 10.9. The lowest BCUT2D eigenvalue weighted by molar-refractivity contribution is -0.403. The van der Waals surface area contributed by atoms with Crippen molar-refractivity contribution in [1.82, 2.24) is 0 Å². The van der Waals surface area contributed by atoms with Gasteiger partial charge in [-0.2, -0.15) is 0 Å². The molecule has 0 saturated carbocycles. The molecule has 0 aliphatic carbocycles. The Hall–Kier alpha value is -2.45. The van der Waals surface area contributed by atoms with Gasteiger partial charge in [-0.15, -0.1) is 0 Å². The highest BCUT2D eigenvalue weighted by Gasteiger charge is 2.26. The van der Waals surface area contributed by atoms with Gasteiger partial charge in [-0.1, -0.05) is 0 Å². The van der Waals surface area contributed by atoms with Gasteiger partial charge in [0.2, 0.25) is 6.20 Å². The summed E-state index contributed by atoms with van der Waals surface area (Å²) in [6.45, 7) is 1.88. The van der Waals surface area contributed by atoms with Crippen molar-refractivity contribution in [2.45, 2.75) is 26.1 Å². The quantitative estimate of drug-likeness (QED) is 0.196. The topological polar surface area (TPSA) is 122 Å². The predicted octanol–water partition coefficient (Wildman–Crippen LogP) is -0.187. The Morgan fingerprint density at radius 1 is 1.32 bits per heavy atom. The van der Waals surface area contributed by atoms with Crippen molar-refractivity contribution in [2.75, 3.05) is 6.61 Å². The normalized spacial score (nSPS) is 13.4. The Morgan fingerprint density at radius 2 is 1.95 bits per heavy atom. The average molecular weight is 275 g/mol. The standard InChI is InChI=1S/C10H13NO8/c1-7(13)17-5-10(18-6-12)9(19-8(2)14)3-4-11(15)16/h3-4,6,9-10H,5H2,1-2H3/b4-3+/t9-,10+/m0/s1. The molecule has 9 heteroatoms. The Kier molecular flexibility index (Phi) is 7.50. The maximum Gasteiger partial charge on any atom is 0.303 e. The van der Waals surface area contributed by atoms with Gasteiger partial charge in [-0.05, 0) is 0 Å². The fraction of sp³-hybridized carbons (Fsp3) is 0.500. The largest absolute Gasteiger partial charge is 0.462 e. The Bertz CT molecular complexity index is 378. The van der Waals surface area contributed by atoms with Crippen LogP contribution in [0, 0.1) is 10.1 Å². The van der Waals surface area contributed by atoms with Crippen molar-refractivity contribution in [2.24, 2.45) is 0 Å². The van der Waals surface area contributed by atoms with Gasteiger partial charge in [0.05, 0.1) is 4.92 Å². The van der Waals surface area contributed by atoms with Gasteiger partial charge in [-0.3, -0.25) is 24.5 Å². The van der Waals surface area contributed by atoms with Gasteiger partial charge in [0.25, 0.3) is 6.47 Å². The van der Waals surface area contributed by atoms with Crippen molar-refractivity contribution in [3.05, 3.63) is 22.4 Å². The molecule has 19 heavy (non-hydrogen) atoms. The zero-order valence-corrected chi connectivity index (χ0v) is 10.3. The van der Waals surface area contributed by atoms with Crippen LogP contribution >= 0.6 is 0 Å². The molecule has 0 amide bonds. The zero-order chi connectivity index (χ0) is 14.8. The van der Waals surface area contributed by atoms with Crippen molar-refractivity contribution in [3.8, 4) is 0 Å². The molecule has 9 nitrogen and oxygen atoms in total. The third-order valence-corrected chi connectivity index (χ3v) is 1.75. The van der Waals surface area contributed by atoms with Crippen molar-refractivity contribution in [1.29, 1.82) is 0 Å². The summed E-state index contributed by atoms with van der Waals surface area (Å²) < 4.78 is 13.9. The molecule has 0 heterocycles. The van der Waals surface area contributed by atoms with E-state index in [2.05, 4.69) is 9.47 Å². The molecule has 0 aliphatic rings. The second kappa shape index (κ2) is 8.61. The zero-order valence-electron chi connectivity index (χ0n) is 10.3. The number of nitro groups is 1. The SMILES string of the molecule is CC(=O)OC[C@@H](OC=O)[C@H](/C=C/[N+](=O)[O-])OC(C)=O. The molecule has 0 rings (SSSR count). The molecule has 0 aliphatic heterocycles. The highest BCUT2D eigenvalue weighted by molar-refractivity contribution is 5.66. The molecular weight excluding hydrogens is 262 g/mol.